The summed E-state index contributed by atoms with van der Waals surface area (Å²) in [7, 11) is 0. The number of rotatable bonds is 4. The molecule has 0 fully saturated rings. The van der Waals surface area contributed by atoms with E-state index in [1.807, 2.05) is 42.5 Å². The molecule has 0 saturated heterocycles. The van der Waals surface area contributed by atoms with E-state index in [-0.39, 0.29) is 0 Å². The Labute approximate surface area is 153 Å². The van der Waals surface area contributed by atoms with Crippen molar-refractivity contribution in [3.05, 3.63) is 109 Å². The van der Waals surface area contributed by atoms with Gasteiger partial charge in [0, 0.05) is 5.56 Å². The summed E-state index contributed by atoms with van der Waals surface area (Å²) in [4.78, 5) is 0. The zero-order chi connectivity index (χ0) is 17.8. The molecule has 3 aromatic carbocycles. The van der Waals surface area contributed by atoms with E-state index in [0.717, 1.165) is 39.3 Å². The number of hydrogen-bond acceptors (Lipinski definition) is 0. The zero-order valence-corrected chi connectivity index (χ0v) is 14.4. The maximum absolute atomic E-state index is 6.24. The lowest BCUT2D eigenvalue weighted by atomic mass is 10.0. The van der Waals surface area contributed by atoms with Gasteiger partial charge >= 0.3 is 11.5 Å². The molecule has 0 N–H and O–H groups in total. The van der Waals surface area contributed by atoms with Gasteiger partial charge in [-0.05, 0) is 35.4 Å². The van der Waals surface area contributed by atoms with E-state index in [9.17, 15) is 0 Å². The van der Waals surface area contributed by atoms with Crippen LogP contribution >= 0.6 is 0 Å². The quantitative estimate of drug-likeness (QED) is 0.359. The Kier molecular flexibility index (Phi) is 4.44. The summed E-state index contributed by atoms with van der Waals surface area (Å²) >= 11 is 0. The van der Waals surface area contributed by atoms with Crippen molar-refractivity contribution >= 4 is 6.08 Å². The number of hydrogen-bond donors (Lipinski definition) is 0. The lowest BCUT2D eigenvalue weighted by Gasteiger charge is -2.03. The van der Waals surface area contributed by atoms with Gasteiger partial charge in [-0.2, -0.15) is 0 Å². The Morgan fingerprint density at radius 2 is 1.04 bits per heavy atom. The monoisotopic (exact) mass is 335 g/mol. The van der Waals surface area contributed by atoms with Gasteiger partial charge in [0.05, 0.1) is 23.3 Å². The summed E-state index contributed by atoms with van der Waals surface area (Å²) in [6.45, 7) is 3.83. The Morgan fingerprint density at radius 1 is 0.538 bits per heavy atom. The molecule has 1 heteroatoms. The van der Waals surface area contributed by atoms with E-state index in [1.165, 1.54) is 0 Å². The average Bonchev–Trinajstić information content (AvgIpc) is 2.75. The predicted octanol–water partition coefficient (Wildman–Crippen LogP) is 7.20. The summed E-state index contributed by atoms with van der Waals surface area (Å²) in [5, 5.41) is 0. The maximum Gasteiger partial charge on any atom is 0.361 e. The molecule has 0 bridgehead atoms. The zero-order valence-electron chi connectivity index (χ0n) is 14.4. The van der Waals surface area contributed by atoms with Crippen LogP contribution in [0.2, 0.25) is 0 Å². The van der Waals surface area contributed by atoms with Crippen LogP contribution in [0.4, 0.5) is 0 Å². The second kappa shape index (κ2) is 7.20. The first-order valence-electron chi connectivity index (χ1n) is 8.65. The molecule has 1 nitrogen and oxygen atoms in total. The van der Waals surface area contributed by atoms with Crippen LogP contribution in [0.1, 0.15) is 5.56 Å². The molecule has 0 aliphatic heterocycles. The van der Waals surface area contributed by atoms with Crippen molar-refractivity contribution in [2.24, 2.45) is 0 Å². The summed E-state index contributed by atoms with van der Waals surface area (Å²) < 4.78 is 6.24. The van der Waals surface area contributed by atoms with Gasteiger partial charge in [-0.1, -0.05) is 73.3 Å². The molecule has 124 valence electrons. The van der Waals surface area contributed by atoms with E-state index < -0.39 is 0 Å². The highest BCUT2D eigenvalue weighted by Crippen LogP contribution is 2.32. The molecule has 0 amide bonds. The fourth-order valence-corrected chi connectivity index (χ4v) is 2.97. The summed E-state index contributed by atoms with van der Waals surface area (Å²) in [5.74, 6) is 1.71. The minimum absolute atomic E-state index is 0.856. The molecule has 1 aromatic heterocycles. The Morgan fingerprint density at radius 3 is 1.50 bits per heavy atom. The number of benzene rings is 3. The minimum atomic E-state index is 0.856. The molecule has 0 radical (unpaired) electrons. The fourth-order valence-electron chi connectivity index (χ4n) is 2.97. The Bertz CT molecular complexity index is 959. The molecule has 0 saturated carbocycles. The van der Waals surface area contributed by atoms with Crippen molar-refractivity contribution in [1.82, 2.24) is 0 Å². The highest BCUT2D eigenvalue weighted by Gasteiger charge is 2.20. The van der Waals surface area contributed by atoms with Gasteiger partial charge in [0.25, 0.3) is 0 Å². The molecule has 4 aromatic rings. The van der Waals surface area contributed by atoms with Gasteiger partial charge in [-0.25, -0.2) is 4.42 Å². The van der Waals surface area contributed by atoms with Gasteiger partial charge in [0.1, 0.15) is 0 Å². The maximum atomic E-state index is 6.24. The molecule has 0 unspecified atom stereocenters. The third kappa shape index (κ3) is 3.33. The van der Waals surface area contributed by atoms with Crippen LogP contribution in [0.25, 0.3) is 39.9 Å². The standard InChI is InChI=1S/C25H19O/c1-2-19-13-15-20(16-14-19)23-17-24(21-9-5-3-6-10-21)26-25(18-23)22-11-7-4-8-12-22/h2-18H,1H2/q+1. The van der Waals surface area contributed by atoms with E-state index in [0.29, 0.717) is 0 Å². The molecule has 26 heavy (non-hydrogen) atoms. The second-order valence-corrected chi connectivity index (χ2v) is 6.13. The van der Waals surface area contributed by atoms with E-state index in [4.69, 9.17) is 4.42 Å². The highest BCUT2D eigenvalue weighted by molar-refractivity contribution is 5.75. The van der Waals surface area contributed by atoms with E-state index in [2.05, 4.69) is 67.2 Å². The van der Waals surface area contributed by atoms with Crippen LogP contribution in [-0.2, 0) is 0 Å². The van der Waals surface area contributed by atoms with E-state index >= 15 is 0 Å². The van der Waals surface area contributed by atoms with Crippen LogP contribution in [0.15, 0.2) is 108 Å². The summed E-state index contributed by atoms with van der Waals surface area (Å²) in [5.41, 5.74) is 5.52. The fraction of sp³-hybridized carbons (Fsp3) is 0. The second-order valence-electron chi connectivity index (χ2n) is 6.13. The first-order chi connectivity index (χ1) is 12.8. The first kappa shape index (κ1) is 16.0. The Balaban J connectivity index is 1.88. The topological polar surface area (TPSA) is 11.3 Å². The molecule has 1 heterocycles. The van der Waals surface area contributed by atoms with Gasteiger partial charge in [0.15, 0.2) is 0 Å². The molecule has 0 spiro atoms. The van der Waals surface area contributed by atoms with Crippen molar-refractivity contribution in [3.63, 3.8) is 0 Å². The van der Waals surface area contributed by atoms with Crippen molar-refractivity contribution in [2.45, 2.75) is 0 Å². The SMILES string of the molecule is C=Cc1ccc(-c2cc(-c3ccccc3)[o+]c(-c3ccccc3)c2)cc1. The van der Waals surface area contributed by atoms with Crippen LogP contribution in [0, 0.1) is 0 Å². The lowest BCUT2D eigenvalue weighted by molar-refractivity contribution is 0.582. The molecule has 0 aliphatic carbocycles. The van der Waals surface area contributed by atoms with Crippen molar-refractivity contribution in [2.75, 3.05) is 0 Å². The highest BCUT2D eigenvalue weighted by atomic mass is 16.3. The van der Waals surface area contributed by atoms with Gasteiger partial charge in [-0.3, -0.25) is 0 Å². The predicted molar refractivity (Wildman–Crippen MR) is 110 cm³/mol. The summed E-state index contributed by atoms with van der Waals surface area (Å²) in [6.07, 6.45) is 1.86. The molecule has 0 aliphatic rings. The largest absolute Gasteiger partial charge is 0.361 e. The average molecular weight is 335 g/mol. The van der Waals surface area contributed by atoms with Crippen LogP contribution < -0.4 is 0 Å². The molecular weight excluding hydrogens is 316 g/mol. The van der Waals surface area contributed by atoms with Gasteiger partial charge in [-0.15, -0.1) is 0 Å². The first-order valence-corrected chi connectivity index (χ1v) is 8.65. The van der Waals surface area contributed by atoms with Crippen molar-refractivity contribution in [1.29, 1.82) is 0 Å². The minimum Gasteiger partial charge on any atom is -0.207 e. The molecule has 4 rings (SSSR count). The smallest absolute Gasteiger partial charge is 0.207 e. The van der Waals surface area contributed by atoms with E-state index in [1.54, 1.807) is 0 Å². The van der Waals surface area contributed by atoms with Crippen LogP contribution in [0.3, 0.4) is 0 Å². The summed E-state index contributed by atoms with van der Waals surface area (Å²) in [6, 6.07) is 33.0. The Hall–Kier alpha value is -3.45. The van der Waals surface area contributed by atoms with Crippen molar-refractivity contribution < 1.29 is 4.42 Å². The molecular formula is C25H19O+. The van der Waals surface area contributed by atoms with Gasteiger partial charge in [0.2, 0.25) is 0 Å². The van der Waals surface area contributed by atoms with Crippen molar-refractivity contribution in [3.8, 4) is 33.8 Å². The third-order valence-corrected chi connectivity index (χ3v) is 4.39. The molecule has 0 atom stereocenters. The van der Waals surface area contributed by atoms with Crippen LogP contribution in [0.5, 0.6) is 0 Å². The normalized spacial score (nSPS) is 10.5. The van der Waals surface area contributed by atoms with Gasteiger partial charge < -0.3 is 0 Å². The lowest BCUT2D eigenvalue weighted by Crippen LogP contribution is -1.86. The van der Waals surface area contributed by atoms with Crippen LogP contribution in [-0.4, -0.2) is 0 Å². The third-order valence-electron chi connectivity index (χ3n) is 4.39.